The van der Waals surface area contributed by atoms with Gasteiger partial charge in [-0.2, -0.15) is 5.10 Å². The first-order valence-corrected chi connectivity index (χ1v) is 7.86. The minimum Gasteiger partial charge on any atom is -0.346 e. The molecule has 2 rings (SSSR count). The number of nitrogens with one attached hydrogen (secondary N) is 1. The molecule has 2 aromatic rings. The summed E-state index contributed by atoms with van der Waals surface area (Å²) in [4.78, 5) is 4.38. The molecule has 21 heavy (non-hydrogen) atoms. The highest BCUT2D eigenvalue weighted by Crippen LogP contribution is 2.13. The molecule has 0 saturated carbocycles. The van der Waals surface area contributed by atoms with Gasteiger partial charge in [0.25, 0.3) is 0 Å². The van der Waals surface area contributed by atoms with Crippen LogP contribution in [-0.2, 0) is 13.1 Å². The molecular weight excluding hydrogens is 262 g/mol. The van der Waals surface area contributed by atoms with Crippen LogP contribution in [0, 0.1) is 5.92 Å². The Hall–Kier alpha value is -1.62. The Kier molecular flexibility index (Phi) is 5.56. The maximum absolute atomic E-state index is 4.38. The summed E-state index contributed by atoms with van der Waals surface area (Å²) in [6.07, 6.45) is 7.12. The van der Waals surface area contributed by atoms with E-state index in [0.29, 0.717) is 12.0 Å². The molecule has 0 amide bonds. The molecule has 0 aliphatic rings. The van der Waals surface area contributed by atoms with Gasteiger partial charge >= 0.3 is 0 Å². The van der Waals surface area contributed by atoms with Crippen LogP contribution in [0.15, 0.2) is 24.8 Å². The van der Waals surface area contributed by atoms with Gasteiger partial charge in [-0.25, -0.2) is 9.67 Å². The van der Waals surface area contributed by atoms with Gasteiger partial charge in [-0.15, -0.1) is 0 Å². The first-order chi connectivity index (χ1) is 10.1. The second-order valence-corrected chi connectivity index (χ2v) is 6.05. The van der Waals surface area contributed by atoms with Gasteiger partial charge in [-0.3, -0.25) is 0 Å². The molecule has 0 spiro atoms. The molecule has 1 atom stereocenters. The first kappa shape index (κ1) is 15.8. The molecule has 0 aromatic carbocycles. The van der Waals surface area contributed by atoms with Crippen molar-refractivity contribution >= 4 is 0 Å². The summed E-state index contributed by atoms with van der Waals surface area (Å²) in [6, 6.07) is 2.57. The number of hydrogen-bond donors (Lipinski definition) is 1. The lowest BCUT2D eigenvalue weighted by Gasteiger charge is -2.11. The van der Waals surface area contributed by atoms with Crippen molar-refractivity contribution in [3.63, 3.8) is 0 Å². The Balaban J connectivity index is 2.01. The fraction of sp³-hybridized carbons (Fsp3) is 0.625. The molecule has 0 aliphatic carbocycles. The highest BCUT2D eigenvalue weighted by molar-refractivity contribution is 5.15. The van der Waals surface area contributed by atoms with Gasteiger partial charge in [0, 0.05) is 25.0 Å². The van der Waals surface area contributed by atoms with Crippen LogP contribution in [0.4, 0.5) is 0 Å². The third-order valence-corrected chi connectivity index (χ3v) is 3.53. The molecule has 0 bridgehead atoms. The molecule has 0 saturated heterocycles. The van der Waals surface area contributed by atoms with Gasteiger partial charge in [-0.05, 0) is 37.4 Å². The predicted octanol–water partition coefficient (Wildman–Crippen LogP) is 2.84. The third kappa shape index (κ3) is 4.43. The molecule has 5 nitrogen and oxygen atoms in total. The van der Waals surface area contributed by atoms with Crippen LogP contribution in [0.1, 0.15) is 51.5 Å². The van der Waals surface area contributed by atoms with Gasteiger partial charge in [0.05, 0.1) is 6.54 Å². The molecule has 5 heteroatoms. The zero-order chi connectivity index (χ0) is 15.2. The summed E-state index contributed by atoms with van der Waals surface area (Å²) < 4.78 is 4.18. The number of nitrogens with zero attached hydrogens (tertiary/aromatic N) is 4. The van der Waals surface area contributed by atoms with Gasteiger partial charge in [-0.1, -0.05) is 20.8 Å². The van der Waals surface area contributed by atoms with E-state index < -0.39 is 0 Å². The lowest BCUT2D eigenvalue weighted by atomic mass is 10.2. The van der Waals surface area contributed by atoms with Crippen LogP contribution in [0.3, 0.4) is 0 Å². The Morgan fingerprint density at radius 2 is 2.10 bits per heavy atom. The molecule has 0 fully saturated rings. The largest absolute Gasteiger partial charge is 0.346 e. The van der Waals surface area contributed by atoms with Crippen molar-refractivity contribution in [2.75, 3.05) is 6.54 Å². The lowest BCUT2D eigenvalue weighted by molar-refractivity contribution is 0.461. The summed E-state index contributed by atoms with van der Waals surface area (Å²) in [5.41, 5.74) is 1.32. The average molecular weight is 289 g/mol. The number of aromatic nitrogens is 4. The Morgan fingerprint density at radius 1 is 1.29 bits per heavy atom. The van der Waals surface area contributed by atoms with Gasteiger partial charge < -0.3 is 9.88 Å². The predicted molar refractivity (Wildman–Crippen MR) is 85.1 cm³/mol. The van der Waals surface area contributed by atoms with Crippen molar-refractivity contribution < 1.29 is 0 Å². The monoisotopic (exact) mass is 289 g/mol. The summed E-state index contributed by atoms with van der Waals surface area (Å²) in [5.74, 6) is 1.59. The van der Waals surface area contributed by atoms with Crippen LogP contribution < -0.4 is 5.32 Å². The fourth-order valence-corrected chi connectivity index (χ4v) is 2.36. The molecular formula is C16H27N5. The molecule has 2 heterocycles. The van der Waals surface area contributed by atoms with Gasteiger partial charge in [0.1, 0.15) is 12.2 Å². The summed E-state index contributed by atoms with van der Waals surface area (Å²) in [7, 11) is 0. The van der Waals surface area contributed by atoms with Crippen molar-refractivity contribution in [1.29, 1.82) is 0 Å². The van der Waals surface area contributed by atoms with Gasteiger partial charge in [0.15, 0.2) is 0 Å². The van der Waals surface area contributed by atoms with E-state index >= 15 is 0 Å². The Labute approximate surface area is 127 Å². The van der Waals surface area contributed by atoms with Crippen molar-refractivity contribution in [3.8, 4) is 0 Å². The highest BCUT2D eigenvalue weighted by Gasteiger charge is 2.09. The number of rotatable bonds is 8. The summed E-state index contributed by atoms with van der Waals surface area (Å²) in [5, 5.41) is 7.83. The van der Waals surface area contributed by atoms with E-state index in [-0.39, 0.29) is 0 Å². The molecule has 1 N–H and O–H groups in total. The SMILES string of the molecule is CCCNC(C)c1ccn(Cc2ncnn2CC(C)C)c1. The lowest BCUT2D eigenvalue weighted by Crippen LogP contribution is -2.18. The van der Waals surface area contributed by atoms with Crippen molar-refractivity contribution in [1.82, 2.24) is 24.6 Å². The zero-order valence-electron chi connectivity index (χ0n) is 13.6. The van der Waals surface area contributed by atoms with Crippen LogP contribution in [-0.4, -0.2) is 25.9 Å². The maximum atomic E-state index is 4.38. The normalized spacial score (nSPS) is 13.0. The molecule has 0 aliphatic heterocycles. The number of hydrogen-bond acceptors (Lipinski definition) is 3. The molecule has 0 radical (unpaired) electrons. The zero-order valence-corrected chi connectivity index (χ0v) is 13.6. The molecule has 1 unspecified atom stereocenters. The Bertz CT molecular complexity index is 540. The second-order valence-electron chi connectivity index (χ2n) is 6.05. The van der Waals surface area contributed by atoms with Crippen LogP contribution in [0.25, 0.3) is 0 Å². The van der Waals surface area contributed by atoms with E-state index in [1.165, 1.54) is 5.56 Å². The average Bonchev–Trinajstić information content (AvgIpc) is 3.06. The van der Waals surface area contributed by atoms with Crippen molar-refractivity contribution in [3.05, 3.63) is 36.2 Å². The quantitative estimate of drug-likeness (QED) is 0.813. The summed E-state index contributed by atoms with van der Waals surface area (Å²) in [6.45, 7) is 11.5. The maximum Gasteiger partial charge on any atom is 0.146 e. The molecule has 116 valence electrons. The topological polar surface area (TPSA) is 47.7 Å². The van der Waals surface area contributed by atoms with E-state index in [4.69, 9.17) is 0 Å². The van der Waals surface area contributed by atoms with E-state index in [1.54, 1.807) is 6.33 Å². The fourth-order valence-electron chi connectivity index (χ4n) is 2.36. The second kappa shape index (κ2) is 7.41. The van der Waals surface area contributed by atoms with Gasteiger partial charge in [0.2, 0.25) is 0 Å². The smallest absolute Gasteiger partial charge is 0.146 e. The van der Waals surface area contributed by atoms with Crippen LogP contribution >= 0.6 is 0 Å². The van der Waals surface area contributed by atoms with E-state index in [2.05, 4.69) is 66.1 Å². The highest BCUT2D eigenvalue weighted by atomic mass is 15.3. The Morgan fingerprint density at radius 3 is 2.81 bits per heavy atom. The third-order valence-electron chi connectivity index (χ3n) is 3.53. The van der Waals surface area contributed by atoms with Crippen LogP contribution in [0.5, 0.6) is 0 Å². The van der Waals surface area contributed by atoms with E-state index in [0.717, 1.165) is 31.9 Å². The van der Waals surface area contributed by atoms with Crippen molar-refractivity contribution in [2.24, 2.45) is 5.92 Å². The minimum absolute atomic E-state index is 0.389. The van der Waals surface area contributed by atoms with Crippen LogP contribution in [0.2, 0.25) is 0 Å². The van der Waals surface area contributed by atoms with Crippen molar-refractivity contribution in [2.45, 2.75) is 53.2 Å². The summed E-state index contributed by atoms with van der Waals surface area (Å²) >= 11 is 0. The molecule has 2 aromatic heterocycles. The standard InChI is InChI=1S/C16H27N5/c1-5-7-17-14(4)15-6-8-20(10-15)11-16-18-12-19-21(16)9-13(2)3/h6,8,10,12-14,17H,5,7,9,11H2,1-4H3. The minimum atomic E-state index is 0.389. The van der Waals surface area contributed by atoms with E-state index in [9.17, 15) is 0 Å². The van der Waals surface area contributed by atoms with E-state index in [1.807, 2.05) is 4.68 Å². The first-order valence-electron chi connectivity index (χ1n) is 7.86.